The molecular weight excluding hydrogens is 538 g/mol. The molecule has 6 rings (SSSR count). The average Bonchev–Trinajstić information content (AvgIpc) is 3.69. The van der Waals surface area contributed by atoms with Gasteiger partial charge in [0.2, 0.25) is 0 Å². The second kappa shape index (κ2) is 11.1. The zero-order valence-corrected chi connectivity index (χ0v) is 21.8. The maximum absolute atomic E-state index is 11.7. The van der Waals surface area contributed by atoms with Crippen LogP contribution in [0.1, 0.15) is 5.69 Å². The molecule has 2 aromatic heterocycles. The molecule has 0 unspecified atom stereocenters. The number of nitro benzene ring substituents is 2. The van der Waals surface area contributed by atoms with Crippen LogP contribution in [0.15, 0.2) is 109 Å². The number of nitrogens with zero attached hydrogens (tertiary/aromatic N) is 6. The SMILES string of the molecule is O=[N+]([O-])c1cccc(-n2cc(COc3ccc([N+](=O)[O-])cc3-c3nc(-c4ccccc4)c(-c4ccccc4)[nH]3)nn2)c1. The lowest BCUT2D eigenvalue weighted by molar-refractivity contribution is -0.385. The molecule has 0 spiro atoms. The Morgan fingerprint density at radius 2 is 1.48 bits per heavy atom. The van der Waals surface area contributed by atoms with Crippen molar-refractivity contribution in [2.24, 2.45) is 0 Å². The second-order valence-corrected chi connectivity index (χ2v) is 9.20. The Morgan fingerprint density at radius 1 is 0.786 bits per heavy atom. The Kier molecular flexibility index (Phi) is 6.91. The summed E-state index contributed by atoms with van der Waals surface area (Å²) in [6, 6.07) is 29.6. The van der Waals surface area contributed by atoms with Crippen molar-refractivity contribution in [3.8, 4) is 45.3 Å². The first kappa shape index (κ1) is 26.1. The van der Waals surface area contributed by atoms with Crippen LogP contribution in [-0.2, 0) is 6.61 Å². The molecule has 12 nitrogen and oxygen atoms in total. The number of rotatable bonds is 9. The van der Waals surface area contributed by atoms with Crippen molar-refractivity contribution in [1.29, 1.82) is 0 Å². The van der Waals surface area contributed by atoms with Crippen LogP contribution in [0.25, 0.3) is 39.6 Å². The number of hydrogen-bond donors (Lipinski definition) is 1. The molecule has 206 valence electrons. The number of aromatic amines is 1. The predicted molar refractivity (Wildman–Crippen MR) is 154 cm³/mol. The summed E-state index contributed by atoms with van der Waals surface area (Å²) in [5.74, 6) is 0.741. The zero-order valence-electron chi connectivity index (χ0n) is 21.8. The molecule has 0 saturated heterocycles. The lowest BCUT2D eigenvalue weighted by Gasteiger charge is -2.09. The number of nitro groups is 2. The summed E-state index contributed by atoms with van der Waals surface area (Å²) in [7, 11) is 0. The second-order valence-electron chi connectivity index (χ2n) is 9.20. The normalized spacial score (nSPS) is 10.9. The van der Waals surface area contributed by atoms with Gasteiger partial charge in [-0.3, -0.25) is 20.2 Å². The van der Waals surface area contributed by atoms with Crippen molar-refractivity contribution >= 4 is 11.4 Å². The lowest BCUT2D eigenvalue weighted by Crippen LogP contribution is -1.99. The fourth-order valence-corrected chi connectivity index (χ4v) is 4.45. The molecule has 12 heteroatoms. The van der Waals surface area contributed by atoms with Gasteiger partial charge in [-0.15, -0.1) is 5.10 Å². The number of hydrogen-bond acceptors (Lipinski definition) is 8. The molecule has 2 heterocycles. The number of ether oxygens (including phenoxy) is 1. The van der Waals surface area contributed by atoms with E-state index in [1.54, 1.807) is 18.3 Å². The van der Waals surface area contributed by atoms with Crippen LogP contribution in [0.5, 0.6) is 5.75 Å². The van der Waals surface area contributed by atoms with Crippen LogP contribution in [-0.4, -0.2) is 34.8 Å². The van der Waals surface area contributed by atoms with Crippen molar-refractivity contribution < 1.29 is 14.6 Å². The molecule has 4 aromatic carbocycles. The molecule has 0 aliphatic rings. The molecule has 0 aliphatic carbocycles. The van der Waals surface area contributed by atoms with Gasteiger partial charge in [0.15, 0.2) is 0 Å². The standard InChI is InChI=1S/C30H21N7O5/c38-36(39)24-13-7-12-23(16-24)35-18-22(33-34-35)19-42-27-15-14-25(37(40)41)17-26(27)30-31-28(20-8-3-1-4-9-20)29(32-30)21-10-5-2-6-11-21/h1-18H,19H2,(H,31,32). The van der Waals surface area contributed by atoms with Gasteiger partial charge in [-0.25, -0.2) is 9.67 Å². The Bertz CT molecular complexity index is 1850. The highest BCUT2D eigenvalue weighted by Gasteiger charge is 2.21. The van der Waals surface area contributed by atoms with Crippen LogP contribution in [0.2, 0.25) is 0 Å². The lowest BCUT2D eigenvalue weighted by atomic mass is 10.1. The summed E-state index contributed by atoms with van der Waals surface area (Å²) in [5.41, 5.74) is 4.35. The Hall–Kier alpha value is -6.17. The van der Waals surface area contributed by atoms with E-state index in [2.05, 4.69) is 15.3 Å². The molecule has 0 aliphatic heterocycles. The van der Waals surface area contributed by atoms with E-state index in [4.69, 9.17) is 9.72 Å². The number of aromatic nitrogens is 5. The van der Waals surface area contributed by atoms with Crippen LogP contribution in [0.4, 0.5) is 11.4 Å². The first-order valence-corrected chi connectivity index (χ1v) is 12.7. The third-order valence-electron chi connectivity index (χ3n) is 6.46. The molecule has 1 N–H and O–H groups in total. The van der Waals surface area contributed by atoms with E-state index in [0.29, 0.717) is 34.2 Å². The number of imidazole rings is 1. The van der Waals surface area contributed by atoms with Crippen molar-refractivity contribution in [2.45, 2.75) is 6.61 Å². The molecule has 42 heavy (non-hydrogen) atoms. The van der Waals surface area contributed by atoms with E-state index < -0.39 is 9.85 Å². The largest absolute Gasteiger partial charge is 0.486 e. The highest BCUT2D eigenvalue weighted by molar-refractivity contribution is 5.82. The summed E-state index contributed by atoms with van der Waals surface area (Å²) in [4.78, 5) is 30.1. The molecule has 0 atom stereocenters. The maximum Gasteiger partial charge on any atom is 0.271 e. The first-order valence-electron chi connectivity index (χ1n) is 12.7. The van der Waals surface area contributed by atoms with Crippen molar-refractivity contribution in [3.63, 3.8) is 0 Å². The fraction of sp³-hybridized carbons (Fsp3) is 0.0333. The van der Waals surface area contributed by atoms with Gasteiger partial charge in [0.25, 0.3) is 11.4 Å². The average molecular weight is 560 g/mol. The van der Waals surface area contributed by atoms with E-state index in [1.807, 2.05) is 60.7 Å². The van der Waals surface area contributed by atoms with Crippen LogP contribution in [0, 0.1) is 20.2 Å². The highest BCUT2D eigenvalue weighted by Crippen LogP contribution is 2.37. The molecule has 6 aromatic rings. The molecule has 0 fully saturated rings. The first-order chi connectivity index (χ1) is 20.5. The van der Waals surface area contributed by atoms with Gasteiger partial charge >= 0.3 is 0 Å². The van der Waals surface area contributed by atoms with E-state index in [9.17, 15) is 20.2 Å². The number of H-pyrrole nitrogens is 1. The van der Waals surface area contributed by atoms with Gasteiger partial charge in [-0.1, -0.05) is 71.9 Å². The van der Waals surface area contributed by atoms with E-state index in [-0.39, 0.29) is 18.0 Å². The summed E-state index contributed by atoms with van der Waals surface area (Å²) in [5, 5.41) is 31.0. The van der Waals surface area contributed by atoms with Gasteiger partial charge in [-0.05, 0) is 12.1 Å². The van der Waals surface area contributed by atoms with Gasteiger partial charge in [-0.2, -0.15) is 0 Å². The molecule has 0 amide bonds. The Morgan fingerprint density at radius 3 is 2.19 bits per heavy atom. The minimum atomic E-state index is -0.485. The van der Waals surface area contributed by atoms with E-state index in [0.717, 1.165) is 16.8 Å². The van der Waals surface area contributed by atoms with Gasteiger partial charge in [0.1, 0.15) is 23.9 Å². The Labute approximate surface area is 238 Å². The van der Waals surface area contributed by atoms with Gasteiger partial charge in [0.05, 0.1) is 38.7 Å². The molecular formula is C30H21N7O5. The number of non-ortho nitro benzene ring substituents is 2. The van der Waals surface area contributed by atoms with Crippen LogP contribution in [0.3, 0.4) is 0 Å². The summed E-state index contributed by atoms with van der Waals surface area (Å²) in [6.07, 6.45) is 1.60. The smallest absolute Gasteiger partial charge is 0.271 e. The monoisotopic (exact) mass is 559 g/mol. The molecule has 0 radical (unpaired) electrons. The zero-order chi connectivity index (χ0) is 29.1. The Balaban J connectivity index is 1.35. The topological polar surface area (TPSA) is 155 Å². The van der Waals surface area contributed by atoms with E-state index in [1.165, 1.54) is 35.0 Å². The summed E-state index contributed by atoms with van der Waals surface area (Å²) < 4.78 is 7.49. The molecule has 0 bridgehead atoms. The van der Waals surface area contributed by atoms with Crippen molar-refractivity contribution in [1.82, 2.24) is 25.0 Å². The van der Waals surface area contributed by atoms with Crippen LogP contribution >= 0.6 is 0 Å². The minimum absolute atomic E-state index is 0.0163. The maximum atomic E-state index is 11.7. The minimum Gasteiger partial charge on any atom is -0.486 e. The van der Waals surface area contributed by atoms with Crippen molar-refractivity contribution in [3.05, 3.63) is 135 Å². The number of benzene rings is 4. The third-order valence-corrected chi connectivity index (χ3v) is 6.46. The van der Waals surface area contributed by atoms with Crippen molar-refractivity contribution in [2.75, 3.05) is 0 Å². The van der Waals surface area contributed by atoms with Gasteiger partial charge < -0.3 is 9.72 Å². The van der Waals surface area contributed by atoms with E-state index >= 15 is 0 Å². The third kappa shape index (κ3) is 5.31. The van der Waals surface area contributed by atoms with Crippen LogP contribution < -0.4 is 4.74 Å². The fourth-order valence-electron chi connectivity index (χ4n) is 4.45. The summed E-state index contributed by atoms with van der Waals surface area (Å²) >= 11 is 0. The highest BCUT2D eigenvalue weighted by atomic mass is 16.6. The number of nitrogens with one attached hydrogen (secondary N) is 1. The summed E-state index contributed by atoms with van der Waals surface area (Å²) in [6.45, 7) is -0.0163. The van der Waals surface area contributed by atoms with Gasteiger partial charge in [0, 0.05) is 35.4 Å². The quantitative estimate of drug-likeness (QED) is 0.158. The molecule has 0 saturated carbocycles. The predicted octanol–water partition coefficient (Wildman–Crippen LogP) is 6.39.